The molecule has 9 heteroatoms. The molecule has 1 amide bonds. The first-order chi connectivity index (χ1) is 12.7. The number of alkyl halides is 3. The average molecular weight is 392 g/mol. The minimum Gasteiger partial charge on any atom is -0.475 e. The fourth-order valence-electron chi connectivity index (χ4n) is 4.10. The molecule has 27 heavy (non-hydrogen) atoms. The van der Waals surface area contributed by atoms with Crippen LogP contribution in [-0.4, -0.2) is 66.4 Å². The Morgan fingerprint density at radius 2 is 1.85 bits per heavy atom. The lowest BCUT2D eigenvalue weighted by Crippen LogP contribution is -2.60. The minimum atomic E-state index is -5.08. The Morgan fingerprint density at radius 1 is 1.19 bits per heavy atom. The molecule has 0 unspecified atom stereocenters. The summed E-state index contributed by atoms with van der Waals surface area (Å²) in [6.45, 7) is 3.70. The summed E-state index contributed by atoms with van der Waals surface area (Å²) >= 11 is 0. The van der Waals surface area contributed by atoms with Crippen LogP contribution in [0.15, 0.2) is 0 Å². The number of hydrogen-bond acceptors (Lipinski definition) is 4. The number of piperidine rings is 1. The number of carbonyl (C=O) groups excluding carboxylic acids is 1. The van der Waals surface area contributed by atoms with Crippen molar-refractivity contribution in [3.8, 4) is 0 Å². The van der Waals surface area contributed by atoms with Crippen LogP contribution in [0.2, 0.25) is 0 Å². The average Bonchev–Trinajstić information content (AvgIpc) is 3.28. The maximum atomic E-state index is 12.8. The van der Waals surface area contributed by atoms with Crippen molar-refractivity contribution in [1.82, 2.24) is 10.2 Å². The SMILES string of the molecule is O=C(NCC1CC1)[C@@]12CCO[C@@H]1CCN(C1CCC1)C2.O=C(O)C(F)(F)F. The fourth-order valence-corrected chi connectivity index (χ4v) is 4.10. The molecule has 0 aromatic carbocycles. The largest absolute Gasteiger partial charge is 0.490 e. The van der Waals surface area contributed by atoms with E-state index in [2.05, 4.69) is 10.2 Å². The highest BCUT2D eigenvalue weighted by molar-refractivity contribution is 5.84. The molecule has 0 aromatic heterocycles. The molecule has 0 bridgehead atoms. The van der Waals surface area contributed by atoms with E-state index in [0.717, 1.165) is 51.0 Å². The summed E-state index contributed by atoms with van der Waals surface area (Å²) in [5.74, 6) is -1.73. The Hall–Kier alpha value is -1.35. The monoisotopic (exact) mass is 392 g/mol. The van der Waals surface area contributed by atoms with Crippen molar-refractivity contribution in [3.05, 3.63) is 0 Å². The number of likely N-dealkylation sites (tertiary alicyclic amines) is 1. The highest BCUT2D eigenvalue weighted by Gasteiger charge is 2.54. The van der Waals surface area contributed by atoms with Crippen LogP contribution in [0, 0.1) is 11.3 Å². The molecule has 4 fully saturated rings. The van der Waals surface area contributed by atoms with Crippen molar-refractivity contribution in [3.63, 3.8) is 0 Å². The molecule has 0 spiro atoms. The van der Waals surface area contributed by atoms with Gasteiger partial charge in [0.05, 0.1) is 11.5 Å². The minimum absolute atomic E-state index is 0.165. The number of aliphatic carboxylic acids is 1. The van der Waals surface area contributed by atoms with Gasteiger partial charge in [0.2, 0.25) is 5.91 Å². The smallest absolute Gasteiger partial charge is 0.475 e. The molecule has 2 aliphatic carbocycles. The van der Waals surface area contributed by atoms with Gasteiger partial charge in [0.15, 0.2) is 0 Å². The number of amides is 1. The fraction of sp³-hybridized carbons (Fsp3) is 0.889. The summed E-state index contributed by atoms with van der Waals surface area (Å²) in [4.78, 5) is 24.3. The highest BCUT2D eigenvalue weighted by Crippen LogP contribution is 2.43. The van der Waals surface area contributed by atoms with Gasteiger partial charge in [0.25, 0.3) is 0 Å². The number of nitrogens with one attached hydrogen (secondary N) is 1. The highest BCUT2D eigenvalue weighted by atomic mass is 19.4. The molecule has 2 heterocycles. The van der Waals surface area contributed by atoms with E-state index in [9.17, 15) is 18.0 Å². The van der Waals surface area contributed by atoms with Crippen LogP contribution in [-0.2, 0) is 14.3 Å². The van der Waals surface area contributed by atoms with Gasteiger partial charge in [-0.1, -0.05) is 6.42 Å². The molecule has 4 aliphatic rings. The van der Waals surface area contributed by atoms with Crippen molar-refractivity contribution in [2.45, 2.75) is 63.3 Å². The van der Waals surface area contributed by atoms with Gasteiger partial charge in [0, 0.05) is 32.3 Å². The van der Waals surface area contributed by atoms with Gasteiger partial charge in [0.1, 0.15) is 0 Å². The van der Waals surface area contributed by atoms with Gasteiger partial charge in [-0.15, -0.1) is 0 Å². The molecule has 2 aliphatic heterocycles. The quantitative estimate of drug-likeness (QED) is 0.767. The lowest BCUT2D eigenvalue weighted by molar-refractivity contribution is -0.192. The third-order valence-electron chi connectivity index (χ3n) is 6.18. The number of carbonyl (C=O) groups is 2. The van der Waals surface area contributed by atoms with Crippen LogP contribution in [0.25, 0.3) is 0 Å². The molecule has 154 valence electrons. The number of carboxylic acid groups (broad SMARTS) is 1. The molecule has 2 N–H and O–H groups in total. The first-order valence-electron chi connectivity index (χ1n) is 9.66. The van der Waals surface area contributed by atoms with E-state index in [1.165, 1.54) is 32.1 Å². The van der Waals surface area contributed by atoms with Gasteiger partial charge in [-0.05, 0) is 44.4 Å². The van der Waals surface area contributed by atoms with Crippen molar-refractivity contribution < 1.29 is 32.6 Å². The Morgan fingerprint density at radius 3 is 2.37 bits per heavy atom. The van der Waals surface area contributed by atoms with E-state index < -0.39 is 12.1 Å². The maximum Gasteiger partial charge on any atom is 0.490 e. The zero-order valence-electron chi connectivity index (χ0n) is 15.3. The maximum absolute atomic E-state index is 12.8. The van der Waals surface area contributed by atoms with Crippen molar-refractivity contribution in [2.24, 2.45) is 11.3 Å². The van der Waals surface area contributed by atoms with Crippen LogP contribution in [0.1, 0.15) is 44.9 Å². The first-order valence-corrected chi connectivity index (χ1v) is 9.66. The zero-order chi connectivity index (χ0) is 19.7. The third kappa shape index (κ3) is 4.74. The summed E-state index contributed by atoms with van der Waals surface area (Å²) in [7, 11) is 0. The predicted molar refractivity (Wildman–Crippen MR) is 90.0 cm³/mol. The number of nitrogens with zero attached hydrogens (tertiary/aromatic N) is 1. The lowest BCUT2D eigenvalue weighted by Gasteiger charge is -2.47. The lowest BCUT2D eigenvalue weighted by atomic mass is 9.74. The van der Waals surface area contributed by atoms with Crippen LogP contribution in [0.3, 0.4) is 0 Å². The molecule has 2 atom stereocenters. The molecule has 0 aromatic rings. The van der Waals surface area contributed by atoms with Crippen molar-refractivity contribution in [2.75, 3.05) is 26.2 Å². The van der Waals surface area contributed by atoms with Crippen molar-refractivity contribution >= 4 is 11.9 Å². The topological polar surface area (TPSA) is 78.9 Å². The van der Waals surface area contributed by atoms with Gasteiger partial charge < -0.3 is 15.2 Å². The van der Waals surface area contributed by atoms with Gasteiger partial charge in [-0.25, -0.2) is 4.79 Å². The summed E-state index contributed by atoms with van der Waals surface area (Å²) in [6.07, 6.45) is 3.63. The summed E-state index contributed by atoms with van der Waals surface area (Å²) in [5.41, 5.74) is -0.247. The molecule has 6 nitrogen and oxygen atoms in total. The van der Waals surface area contributed by atoms with Crippen molar-refractivity contribution in [1.29, 1.82) is 0 Å². The molecular weight excluding hydrogens is 365 g/mol. The standard InChI is InChI=1S/C16H26N2O2.C2HF3O2/c19-15(17-10-12-4-5-12)16-7-9-20-14(16)6-8-18(11-16)13-2-1-3-13;3-2(4,5)1(6)7/h12-14H,1-11H2,(H,17,19);(H,6,7)/t14-,16-;/m1./s1. The second-order valence-corrected chi connectivity index (χ2v) is 8.07. The Labute approximate surface area is 156 Å². The van der Waals surface area contributed by atoms with E-state index in [1.54, 1.807) is 0 Å². The Kier molecular flexibility index (Phi) is 6.00. The summed E-state index contributed by atoms with van der Waals surface area (Å²) < 4.78 is 37.6. The van der Waals surface area contributed by atoms with E-state index in [0.29, 0.717) is 0 Å². The number of carboxylic acids is 1. The number of halogens is 3. The third-order valence-corrected chi connectivity index (χ3v) is 6.18. The number of fused-ring (bicyclic) bond motifs is 1. The molecular formula is C18H27F3N2O4. The zero-order valence-corrected chi connectivity index (χ0v) is 15.3. The molecule has 2 saturated heterocycles. The Balaban J connectivity index is 0.000000260. The van der Waals surface area contributed by atoms with Crippen LogP contribution < -0.4 is 5.32 Å². The van der Waals surface area contributed by atoms with Crippen LogP contribution >= 0.6 is 0 Å². The van der Waals surface area contributed by atoms with Gasteiger partial charge in [-0.2, -0.15) is 13.2 Å². The normalized spacial score (nSPS) is 31.3. The van der Waals surface area contributed by atoms with Crippen LogP contribution in [0.4, 0.5) is 13.2 Å². The Bertz CT molecular complexity index is 563. The van der Waals surface area contributed by atoms with Crippen LogP contribution in [0.5, 0.6) is 0 Å². The molecule has 2 saturated carbocycles. The predicted octanol–water partition coefficient (Wildman–Crippen LogP) is 2.18. The number of hydrogen-bond donors (Lipinski definition) is 2. The van der Waals surface area contributed by atoms with E-state index >= 15 is 0 Å². The number of ether oxygens (including phenoxy) is 1. The van der Waals surface area contributed by atoms with E-state index in [4.69, 9.17) is 14.6 Å². The van der Waals surface area contributed by atoms with E-state index in [1.807, 2.05) is 0 Å². The van der Waals surface area contributed by atoms with Gasteiger partial charge in [-0.3, -0.25) is 9.69 Å². The second kappa shape index (κ2) is 7.95. The van der Waals surface area contributed by atoms with E-state index in [-0.39, 0.29) is 17.4 Å². The summed E-state index contributed by atoms with van der Waals surface area (Å²) in [6, 6.07) is 0.740. The molecule has 0 radical (unpaired) electrons. The first kappa shape index (κ1) is 20.4. The second-order valence-electron chi connectivity index (χ2n) is 8.07. The molecule has 4 rings (SSSR count). The number of rotatable bonds is 4. The van der Waals surface area contributed by atoms with Gasteiger partial charge >= 0.3 is 12.1 Å². The summed E-state index contributed by atoms with van der Waals surface area (Å²) in [5, 5.41) is 10.4.